The van der Waals surface area contributed by atoms with Gasteiger partial charge in [0.25, 0.3) is 0 Å². The number of aromatic nitrogens is 1. The summed E-state index contributed by atoms with van der Waals surface area (Å²) >= 11 is 0. The predicted molar refractivity (Wildman–Crippen MR) is 109 cm³/mol. The minimum absolute atomic E-state index is 0.639. The van der Waals surface area contributed by atoms with Crippen molar-refractivity contribution in [1.82, 2.24) is 4.98 Å². The van der Waals surface area contributed by atoms with Crippen LogP contribution in [0.5, 0.6) is 0 Å². The summed E-state index contributed by atoms with van der Waals surface area (Å²) in [6.07, 6.45) is 5.99. The molecule has 0 saturated carbocycles. The van der Waals surface area contributed by atoms with Crippen molar-refractivity contribution >= 4 is 16.6 Å². The number of benzene rings is 2. The highest BCUT2D eigenvalue weighted by atomic mass is 14.8. The quantitative estimate of drug-likeness (QED) is 0.609. The molecule has 0 fully saturated rings. The summed E-state index contributed by atoms with van der Waals surface area (Å²) in [6.45, 7) is 11.6. The molecule has 1 aromatic heterocycles. The van der Waals surface area contributed by atoms with E-state index in [2.05, 4.69) is 59.9 Å². The van der Waals surface area contributed by atoms with Crippen molar-refractivity contribution in [2.45, 2.75) is 20.3 Å². The molecule has 128 valence electrons. The van der Waals surface area contributed by atoms with Gasteiger partial charge in [-0.05, 0) is 72.5 Å². The Morgan fingerprint density at radius 2 is 2.00 bits per heavy atom. The third-order valence-corrected chi connectivity index (χ3v) is 4.47. The maximum Gasteiger partial charge on any atom is 0.102 e. The fourth-order valence-electron chi connectivity index (χ4n) is 3.28. The van der Waals surface area contributed by atoms with Crippen molar-refractivity contribution in [3.8, 4) is 17.2 Å². The number of nitrogens with one attached hydrogen (secondary N) is 1. The summed E-state index contributed by atoms with van der Waals surface area (Å²) in [5, 5.41) is 13.9. The van der Waals surface area contributed by atoms with Gasteiger partial charge in [0.05, 0.1) is 16.8 Å². The molecule has 0 aliphatic heterocycles. The SMILES string of the molecule is C=CCc1c(-c2ccc3cc(C)cnc3c2)cc(C)c(C#N)c1NC=C. The van der Waals surface area contributed by atoms with E-state index in [0.717, 1.165) is 44.4 Å². The van der Waals surface area contributed by atoms with Crippen LogP contribution in [0.2, 0.25) is 0 Å². The second kappa shape index (κ2) is 7.25. The Hall–Kier alpha value is -3.38. The molecule has 0 spiro atoms. The molecule has 0 aliphatic rings. The number of pyridine rings is 1. The van der Waals surface area contributed by atoms with E-state index in [0.29, 0.717) is 12.0 Å². The third-order valence-electron chi connectivity index (χ3n) is 4.47. The van der Waals surface area contributed by atoms with Crippen LogP contribution in [0.25, 0.3) is 22.0 Å². The number of nitrogens with zero attached hydrogens (tertiary/aromatic N) is 2. The molecular formula is C23H21N3. The van der Waals surface area contributed by atoms with E-state index in [4.69, 9.17) is 0 Å². The van der Waals surface area contributed by atoms with Crippen LogP contribution in [0.1, 0.15) is 22.3 Å². The van der Waals surface area contributed by atoms with Crippen molar-refractivity contribution in [2.75, 3.05) is 5.32 Å². The Morgan fingerprint density at radius 1 is 1.19 bits per heavy atom. The largest absolute Gasteiger partial charge is 0.361 e. The van der Waals surface area contributed by atoms with Crippen LogP contribution in [0, 0.1) is 25.2 Å². The normalized spacial score (nSPS) is 10.3. The number of rotatable bonds is 5. The number of hydrogen-bond acceptors (Lipinski definition) is 3. The van der Waals surface area contributed by atoms with E-state index >= 15 is 0 Å². The van der Waals surface area contributed by atoms with E-state index in [1.807, 2.05) is 26.1 Å². The van der Waals surface area contributed by atoms with E-state index in [-0.39, 0.29) is 0 Å². The number of anilines is 1. The highest BCUT2D eigenvalue weighted by Crippen LogP contribution is 2.36. The first-order valence-electron chi connectivity index (χ1n) is 8.50. The molecule has 0 aliphatic carbocycles. The van der Waals surface area contributed by atoms with Crippen molar-refractivity contribution in [1.29, 1.82) is 5.26 Å². The second-order valence-electron chi connectivity index (χ2n) is 6.34. The van der Waals surface area contributed by atoms with Gasteiger partial charge >= 0.3 is 0 Å². The maximum atomic E-state index is 9.59. The van der Waals surface area contributed by atoms with E-state index < -0.39 is 0 Å². The van der Waals surface area contributed by atoms with Crippen LogP contribution in [0.3, 0.4) is 0 Å². The molecule has 26 heavy (non-hydrogen) atoms. The number of aryl methyl sites for hydroxylation is 2. The molecule has 3 heteroatoms. The summed E-state index contributed by atoms with van der Waals surface area (Å²) in [5.41, 5.74) is 7.65. The van der Waals surface area contributed by atoms with Gasteiger partial charge in [0.1, 0.15) is 6.07 Å². The number of nitriles is 1. The highest BCUT2D eigenvalue weighted by molar-refractivity contribution is 5.87. The van der Waals surface area contributed by atoms with Crippen LogP contribution >= 0.6 is 0 Å². The Labute approximate surface area is 154 Å². The Bertz CT molecular complexity index is 1060. The first-order valence-corrected chi connectivity index (χ1v) is 8.50. The summed E-state index contributed by atoms with van der Waals surface area (Å²) in [7, 11) is 0. The maximum absolute atomic E-state index is 9.59. The Balaban J connectivity index is 2.29. The van der Waals surface area contributed by atoms with E-state index in [1.165, 1.54) is 0 Å². The molecule has 3 aromatic rings. The minimum atomic E-state index is 0.639. The number of fused-ring (bicyclic) bond motifs is 1. The molecule has 1 N–H and O–H groups in total. The fourth-order valence-corrected chi connectivity index (χ4v) is 3.28. The van der Waals surface area contributed by atoms with Gasteiger partial charge in [-0.1, -0.05) is 24.8 Å². The van der Waals surface area contributed by atoms with Crippen molar-refractivity contribution < 1.29 is 0 Å². The van der Waals surface area contributed by atoms with E-state index in [9.17, 15) is 5.26 Å². The monoisotopic (exact) mass is 339 g/mol. The summed E-state index contributed by atoms with van der Waals surface area (Å²) in [5.74, 6) is 0. The standard InChI is InChI=1S/C23H21N3/c1-5-7-19-20(11-16(4)21(13-24)23(19)25-6-2)17-8-9-18-10-15(3)14-26-22(18)12-17/h5-6,8-12,14,25H,1-2,7H2,3-4H3. The molecule has 0 bridgehead atoms. The van der Waals surface area contributed by atoms with Crippen LogP contribution in [-0.4, -0.2) is 4.98 Å². The topological polar surface area (TPSA) is 48.7 Å². The van der Waals surface area contributed by atoms with Gasteiger partial charge in [-0.3, -0.25) is 4.98 Å². The zero-order valence-electron chi connectivity index (χ0n) is 15.1. The summed E-state index contributed by atoms with van der Waals surface area (Å²) in [6, 6.07) is 12.8. The first-order chi connectivity index (χ1) is 12.6. The lowest BCUT2D eigenvalue weighted by Gasteiger charge is -2.18. The van der Waals surface area contributed by atoms with E-state index in [1.54, 1.807) is 6.20 Å². The fraction of sp³-hybridized carbons (Fsp3) is 0.130. The van der Waals surface area contributed by atoms with Gasteiger partial charge in [0.15, 0.2) is 0 Å². The molecule has 3 rings (SSSR count). The second-order valence-corrected chi connectivity index (χ2v) is 6.34. The average Bonchev–Trinajstić information content (AvgIpc) is 2.63. The lowest BCUT2D eigenvalue weighted by molar-refractivity contribution is 1.24. The molecule has 0 amide bonds. The zero-order chi connectivity index (χ0) is 18.7. The van der Waals surface area contributed by atoms with Gasteiger partial charge < -0.3 is 5.32 Å². The van der Waals surface area contributed by atoms with Crippen molar-refractivity contribution in [3.63, 3.8) is 0 Å². The lowest BCUT2D eigenvalue weighted by Crippen LogP contribution is -2.02. The molecule has 0 radical (unpaired) electrons. The molecule has 0 unspecified atom stereocenters. The molecule has 1 heterocycles. The molecule has 0 atom stereocenters. The van der Waals surface area contributed by atoms with Gasteiger partial charge in [-0.25, -0.2) is 0 Å². The van der Waals surface area contributed by atoms with Gasteiger partial charge in [-0.15, -0.1) is 6.58 Å². The predicted octanol–water partition coefficient (Wildman–Crippen LogP) is 5.67. The molecule has 2 aromatic carbocycles. The molecule has 3 nitrogen and oxygen atoms in total. The van der Waals surface area contributed by atoms with Gasteiger partial charge in [-0.2, -0.15) is 5.26 Å². The minimum Gasteiger partial charge on any atom is -0.361 e. The summed E-state index contributed by atoms with van der Waals surface area (Å²) in [4.78, 5) is 4.55. The lowest BCUT2D eigenvalue weighted by atomic mass is 9.90. The number of allylic oxidation sites excluding steroid dienone is 1. The summed E-state index contributed by atoms with van der Waals surface area (Å²) < 4.78 is 0. The molecular weight excluding hydrogens is 318 g/mol. The van der Waals surface area contributed by atoms with Crippen LogP contribution in [-0.2, 0) is 6.42 Å². The Morgan fingerprint density at radius 3 is 2.69 bits per heavy atom. The smallest absolute Gasteiger partial charge is 0.102 e. The number of hydrogen-bond donors (Lipinski definition) is 1. The van der Waals surface area contributed by atoms with Crippen LogP contribution < -0.4 is 5.32 Å². The molecule has 0 saturated heterocycles. The van der Waals surface area contributed by atoms with Crippen molar-refractivity contribution in [3.05, 3.63) is 84.2 Å². The van der Waals surface area contributed by atoms with Gasteiger partial charge in [0, 0.05) is 11.6 Å². The van der Waals surface area contributed by atoms with Crippen molar-refractivity contribution in [2.24, 2.45) is 0 Å². The Kier molecular flexibility index (Phi) is 4.86. The third kappa shape index (κ3) is 3.10. The van der Waals surface area contributed by atoms with Crippen LogP contribution in [0.15, 0.2) is 62.0 Å². The zero-order valence-corrected chi connectivity index (χ0v) is 15.1. The average molecular weight is 339 g/mol. The van der Waals surface area contributed by atoms with Crippen LogP contribution in [0.4, 0.5) is 5.69 Å². The van der Waals surface area contributed by atoms with Gasteiger partial charge in [0.2, 0.25) is 0 Å². The highest BCUT2D eigenvalue weighted by Gasteiger charge is 2.16. The first kappa shape index (κ1) is 17.4.